The molecule has 0 spiro atoms. The molecule has 5 heteroatoms. The number of amides is 1. The fourth-order valence-corrected chi connectivity index (χ4v) is 1.96. The van der Waals surface area contributed by atoms with Crippen LogP contribution in [0.1, 0.15) is 5.56 Å². The van der Waals surface area contributed by atoms with Crippen molar-refractivity contribution in [2.45, 2.75) is 6.92 Å². The summed E-state index contributed by atoms with van der Waals surface area (Å²) >= 11 is 0. The monoisotopic (exact) mass is 220 g/mol. The fraction of sp³-hybridized carbons (Fsp3) is 0.455. The Bertz CT molecular complexity index is 398. The number of pyridine rings is 1. The van der Waals surface area contributed by atoms with E-state index in [4.69, 9.17) is 5.73 Å². The van der Waals surface area contributed by atoms with Crippen LogP contribution in [0.4, 0.5) is 11.4 Å². The van der Waals surface area contributed by atoms with Crippen molar-refractivity contribution >= 4 is 17.3 Å². The molecule has 0 bridgehead atoms. The predicted molar refractivity (Wildman–Crippen MR) is 63.2 cm³/mol. The molecule has 1 aliphatic rings. The summed E-state index contributed by atoms with van der Waals surface area (Å²) < 4.78 is 0. The van der Waals surface area contributed by atoms with Gasteiger partial charge >= 0.3 is 0 Å². The minimum Gasteiger partial charge on any atom is -0.396 e. The molecule has 2 heterocycles. The van der Waals surface area contributed by atoms with E-state index in [1.54, 1.807) is 17.3 Å². The molecule has 0 saturated carbocycles. The Morgan fingerprint density at radius 2 is 2.12 bits per heavy atom. The normalized spacial score (nSPS) is 16.8. The first-order valence-electron chi connectivity index (χ1n) is 5.28. The molecule has 1 aliphatic heterocycles. The van der Waals surface area contributed by atoms with Crippen LogP contribution in [-0.4, -0.2) is 42.5 Å². The van der Waals surface area contributed by atoms with Crippen LogP contribution in [0.25, 0.3) is 0 Å². The van der Waals surface area contributed by atoms with Gasteiger partial charge in [-0.25, -0.2) is 0 Å². The molecule has 0 radical (unpaired) electrons. The summed E-state index contributed by atoms with van der Waals surface area (Å²) in [6, 6.07) is 0. The molecule has 1 aromatic rings. The quantitative estimate of drug-likeness (QED) is 0.737. The maximum atomic E-state index is 11.6. The Balaban J connectivity index is 2.28. The highest BCUT2D eigenvalue weighted by atomic mass is 16.2. The van der Waals surface area contributed by atoms with Gasteiger partial charge in [0.25, 0.3) is 0 Å². The van der Waals surface area contributed by atoms with Crippen molar-refractivity contribution < 1.29 is 4.79 Å². The van der Waals surface area contributed by atoms with E-state index in [0.29, 0.717) is 12.2 Å². The van der Waals surface area contributed by atoms with Crippen molar-refractivity contribution in [3.63, 3.8) is 0 Å². The zero-order valence-electron chi connectivity index (χ0n) is 9.60. The largest absolute Gasteiger partial charge is 0.396 e. The number of carbonyl (C=O) groups is 1. The summed E-state index contributed by atoms with van der Waals surface area (Å²) in [4.78, 5) is 19.4. The van der Waals surface area contributed by atoms with E-state index in [2.05, 4.69) is 4.98 Å². The van der Waals surface area contributed by atoms with Crippen LogP contribution in [0, 0.1) is 6.92 Å². The molecule has 5 nitrogen and oxygen atoms in total. The van der Waals surface area contributed by atoms with Crippen LogP contribution >= 0.6 is 0 Å². The molecule has 0 unspecified atom stereocenters. The lowest BCUT2D eigenvalue weighted by molar-refractivity contribution is -0.129. The second-order valence-corrected chi connectivity index (χ2v) is 4.13. The zero-order valence-corrected chi connectivity index (χ0v) is 9.60. The van der Waals surface area contributed by atoms with Gasteiger partial charge in [-0.15, -0.1) is 0 Å². The number of likely N-dealkylation sites (N-methyl/N-ethyl adjacent to an activating group) is 1. The summed E-state index contributed by atoms with van der Waals surface area (Å²) in [5.41, 5.74) is 8.49. The summed E-state index contributed by atoms with van der Waals surface area (Å²) in [7, 11) is 1.82. The van der Waals surface area contributed by atoms with E-state index in [-0.39, 0.29) is 5.91 Å². The van der Waals surface area contributed by atoms with Crippen molar-refractivity contribution in [1.82, 2.24) is 9.88 Å². The molecule has 0 aliphatic carbocycles. The fourth-order valence-electron chi connectivity index (χ4n) is 1.96. The molecule has 2 N–H and O–H groups in total. The van der Waals surface area contributed by atoms with Crippen LogP contribution < -0.4 is 10.6 Å². The maximum Gasteiger partial charge on any atom is 0.241 e. The minimum absolute atomic E-state index is 0.127. The SMILES string of the molecule is Cc1cncc(N)c1N1CCN(C)C(=O)C1. The highest BCUT2D eigenvalue weighted by Crippen LogP contribution is 2.26. The number of nitrogen functional groups attached to an aromatic ring is 1. The van der Waals surface area contributed by atoms with E-state index in [9.17, 15) is 4.79 Å². The van der Waals surface area contributed by atoms with E-state index in [0.717, 1.165) is 24.3 Å². The van der Waals surface area contributed by atoms with Gasteiger partial charge < -0.3 is 15.5 Å². The second kappa shape index (κ2) is 4.00. The summed E-state index contributed by atoms with van der Waals surface area (Å²) in [5, 5.41) is 0. The second-order valence-electron chi connectivity index (χ2n) is 4.13. The maximum absolute atomic E-state index is 11.6. The van der Waals surface area contributed by atoms with Gasteiger partial charge in [-0.05, 0) is 12.5 Å². The molecule has 1 amide bonds. The molecule has 0 aromatic carbocycles. The Hall–Kier alpha value is -1.78. The molecule has 1 saturated heterocycles. The van der Waals surface area contributed by atoms with Crippen LogP contribution in [0.3, 0.4) is 0 Å². The summed E-state index contributed by atoms with van der Waals surface area (Å²) in [6.45, 7) is 3.91. The molecule has 0 atom stereocenters. The molecular weight excluding hydrogens is 204 g/mol. The average Bonchev–Trinajstić information content (AvgIpc) is 2.23. The minimum atomic E-state index is 0.127. The van der Waals surface area contributed by atoms with Crippen molar-refractivity contribution in [1.29, 1.82) is 0 Å². The van der Waals surface area contributed by atoms with Gasteiger partial charge in [0, 0.05) is 26.3 Å². The highest BCUT2D eigenvalue weighted by molar-refractivity contribution is 5.84. The van der Waals surface area contributed by atoms with Crippen molar-refractivity contribution in [3.05, 3.63) is 18.0 Å². The number of aromatic nitrogens is 1. The third kappa shape index (κ3) is 1.80. The lowest BCUT2D eigenvalue weighted by Crippen LogP contribution is -2.49. The average molecular weight is 220 g/mol. The molecule has 1 aromatic heterocycles. The van der Waals surface area contributed by atoms with Gasteiger partial charge in [0.1, 0.15) is 0 Å². The lowest BCUT2D eigenvalue weighted by atomic mass is 10.2. The van der Waals surface area contributed by atoms with Gasteiger partial charge in [-0.2, -0.15) is 0 Å². The summed E-state index contributed by atoms with van der Waals surface area (Å²) in [6.07, 6.45) is 3.40. The third-order valence-corrected chi connectivity index (χ3v) is 2.90. The standard InChI is InChI=1S/C11H16N4O/c1-8-5-13-6-9(12)11(8)15-4-3-14(2)10(16)7-15/h5-6H,3-4,7,12H2,1-2H3. The Morgan fingerprint density at radius 1 is 1.38 bits per heavy atom. The number of nitrogens with two attached hydrogens (primary N) is 1. The molecule has 16 heavy (non-hydrogen) atoms. The number of aryl methyl sites for hydroxylation is 1. The number of rotatable bonds is 1. The Labute approximate surface area is 94.9 Å². The van der Waals surface area contributed by atoms with Gasteiger partial charge in [0.15, 0.2) is 0 Å². The van der Waals surface area contributed by atoms with Crippen LogP contribution in [0.15, 0.2) is 12.4 Å². The molecule has 2 rings (SSSR count). The highest BCUT2D eigenvalue weighted by Gasteiger charge is 2.23. The number of hydrogen-bond acceptors (Lipinski definition) is 4. The first kappa shape index (κ1) is 10.7. The third-order valence-electron chi connectivity index (χ3n) is 2.90. The van der Waals surface area contributed by atoms with E-state index in [1.165, 1.54) is 0 Å². The number of hydrogen-bond donors (Lipinski definition) is 1. The Kier molecular flexibility index (Phi) is 2.68. The number of anilines is 2. The summed E-state index contributed by atoms with van der Waals surface area (Å²) in [5.74, 6) is 0.127. The van der Waals surface area contributed by atoms with Crippen LogP contribution in [0.5, 0.6) is 0 Å². The first-order valence-corrected chi connectivity index (χ1v) is 5.28. The zero-order chi connectivity index (χ0) is 11.7. The molecule has 1 fully saturated rings. The lowest BCUT2D eigenvalue weighted by Gasteiger charge is -2.34. The van der Waals surface area contributed by atoms with E-state index >= 15 is 0 Å². The van der Waals surface area contributed by atoms with Crippen molar-refractivity contribution in [3.8, 4) is 0 Å². The van der Waals surface area contributed by atoms with Crippen LogP contribution in [-0.2, 0) is 4.79 Å². The Morgan fingerprint density at radius 3 is 2.75 bits per heavy atom. The smallest absolute Gasteiger partial charge is 0.241 e. The van der Waals surface area contributed by atoms with Gasteiger partial charge in [0.2, 0.25) is 5.91 Å². The number of carbonyl (C=O) groups excluding carboxylic acids is 1. The van der Waals surface area contributed by atoms with Gasteiger partial charge in [0.05, 0.1) is 24.1 Å². The van der Waals surface area contributed by atoms with Crippen LogP contribution in [0.2, 0.25) is 0 Å². The van der Waals surface area contributed by atoms with Gasteiger partial charge in [-0.3, -0.25) is 9.78 Å². The predicted octanol–water partition coefficient (Wildman–Crippen LogP) is 0.251. The molecular formula is C11H16N4O. The van der Waals surface area contributed by atoms with E-state index in [1.807, 2.05) is 18.9 Å². The number of nitrogens with zero attached hydrogens (tertiary/aromatic N) is 3. The molecule has 86 valence electrons. The van der Waals surface area contributed by atoms with Crippen molar-refractivity contribution in [2.75, 3.05) is 37.3 Å². The van der Waals surface area contributed by atoms with Gasteiger partial charge in [-0.1, -0.05) is 0 Å². The first-order chi connectivity index (χ1) is 7.59. The van der Waals surface area contributed by atoms with Crippen molar-refractivity contribution in [2.24, 2.45) is 0 Å². The topological polar surface area (TPSA) is 62.5 Å². The van der Waals surface area contributed by atoms with E-state index < -0.39 is 0 Å². The number of piperazine rings is 1.